The summed E-state index contributed by atoms with van der Waals surface area (Å²) in [5, 5.41) is 2.79. The Morgan fingerprint density at radius 3 is 2.75 bits per heavy atom. The largest absolute Gasteiger partial charge is 0.491 e. The summed E-state index contributed by atoms with van der Waals surface area (Å²) in [7, 11) is 0. The van der Waals surface area contributed by atoms with Gasteiger partial charge >= 0.3 is 0 Å². The SMILES string of the molecule is CC(C)Oc1ccn2c(-c3nc(N[C@H]4CCC[C@@H]4F)c(F)cc3F)cnc2c1. The first kappa shape index (κ1) is 18.6. The van der Waals surface area contributed by atoms with Crippen LogP contribution in [0.25, 0.3) is 17.0 Å². The summed E-state index contributed by atoms with van der Waals surface area (Å²) in [5.74, 6) is -1.16. The molecule has 4 rings (SSSR count). The standard InChI is InChI=1S/C20H21F3N4O/c1-11(2)28-12-6-7-27-17(10-24-18(27)8-12)19-14(22)9-15(23)20(26-19)25-16-5-3-4-13(16)21/h6-11,13,16H,3-5H2,1-2H3,(H,25,26)/t13-,16-/m0/s1. The van der Waals surface area contributed by atoms with Gasteiger partial charge in [0.1, 0.15) is 23.3 Å². The van der Waals surface area contributed by atoms with Crippen molar-refractivity contribution < 1.29 is 17.9 Å². The lowest BCUT2D eigenvalue weighted by Crippen LogP contribution is -2.26. The highest BCUT2D eigenvalue weighted by molar-refractivity contribution is 5.63. The Kier molecular flexibility index (Phi) is 4.87. The fourth-order valence-electron chi connectivity index (χ4n) is 3.48. The third kappa shape index (κ3) is 3.50. The van der Waals surface area contributed by atoms with Gasteiger partial charge < -0.3 is 10.1 Å². The lowest BCUT2D eigenvalue weighted by atomic mass is 10.2. The Morgan fingerprint density at radius 1 is 1.21 bits per heavy atom. The van der Waals surface area contributed by atoms with Crippen LogP contribution in [0.2, 0.25) is 0 Å². The van der Waals surface area contributed by atoms with Crippen molar-refractivity contribution in [2.75, 3.05) is 5.32 Å². The molecular weight excluding hydrogens is 369 g/mol. The van der Waals surface area contributed by atoms with Crippen LogP contribution < -0.4 is 10.1 Å². The van der Waals surface area contributed by atoms with Crippen molar-refractivity contribution in [3.63, 3.8) is 0 Å². The lowest BCUT2D eigenvalue weighted by Gasteiger charge is -2.17. The van der Waals surface area contributed by atoms with Crippen molar-refractivity contribution >= 4 is 11.5 Å². The van der Waals surface area contributed by atoms with Crippen LogP contribution in [0.1, 0.15) is 33.1 Å². The summed E-state index contributed by atoms with van der Waals surface area (Å²) in [5.41, 5.74) is 0.866. The van der Waals surface area contributed by atoms with Gasteiger partial charge in [0, 0.05) is 18.3 Å². The van der Waals surface area contributed by atoms with E-state index in [0.29, 0.717) is 29.9 Å². The summed E-state index contributed by atoms with van der Waals surface area (Å²) in [4.78, 5) is 8.39. The van der Waals surface area contributed by atoms with E-state index in [0.717, 1.165) is 12.5 Å². The van der Waals surface area contributed by atoms with Crippen LogP contribution in [0, 0.1) is 11.6 Å². The van der Waals surface area contributed by atoms with E-state index in [-0.39, 0.29) is 17.6 Å². The van der Waals surface area contributed by atoms with Gasteiger partial charge in [-0.1, -0.05) is 0 Å². The van der Waals surface area contributed by atoms with Crippen LogP contribution in [0.5, 0.6) is 5.75 Å². The van der Waals surface area contributed by atoms with E-state index in [1.165, 1.54) is 6.20 Å². The second-order valence-corrected chi connectivity index (χ2v) is 7.25. The Morgan fingerprint density at radius 2 is 2.04 bits per heavy atom. The minimum Gasteiger partial charge on any atom is -0.491 e. The molecule has 0 saturated heterocycles. The second kappa shape index (κ2) is 7.33. The van der Waals surface area contributed by atoms with E-state index in [1.807, 2.05) is 13.8 Å². The van der Waals surface area contributed by atoms with Gasteiger partial charge in [-0.2, -0.15) is 0 Å². The fourth-order valence-corrected chi connectivity index (χ4v) is 3.48. The number of anilines is 1. The Bertz CT molecular complexity index is 1000. The van der Waals surface area contributed by atoms with E-state index in [1.54, 1.807) is 22.7 Å². The number of alkyl halides is 1. The molecule has 28 heavy (non-hydrogen) atoms. The Balaban J connectivity index is 1.71. The molecule has 1 aliphatic carbocycles. The van der Waals surface area contributed by atoms with Gasteiger partial charge in [-0.15, -0.1) is 0 Å². The quantitative estimate of drug-likeness (QED) is 0.682. The maximum atomic E-state index is 14.5. The van der Waals surface area contributed by atoms with E-state index in [4.69, 9.17) is 4.74 Å². The van der Waals surface area contributed by atoms with E-state index in [9.17, 15) is 13.2 Å². The number of aromatic nitrogens is 3. The topological polar surface area (TPSA) is 51.5 Å². The third-order valence-electron chi connectivity index (χ3n) is 4.78. The molecule has 148 valence electrons. The molecule has 1 aliphatic rings. The Hall–Kier alpha value is -2.77. The predicted molar refractivity (Wildman–Crippen MR) is 100 cm³/mol. The molecule has 3 heterocycles. The van der Waals surface area contributed by atoms with Crippen molar-refractivity contribution in [3.05, 3.63) is 42.2 Å². The second-order valence-electron chi connectivity index (χ2n) is 7.25. The minimum atomic E-state index is -1.06. The molecule has 0 bridgehead atoms. The summed E-state index contributed by atoms with van der Waals surface area (Å²) >= 11 is 0. The first-order chi connectivity index (χ1) is 13.4. The summed E-state index contributed by atoms with van der Waals surface area (Å²) in [6.07, 6.45) is 3.85. The molecule has 1 fully saturated rings. The monoisotopic (exact) mass is 390 g/mol. The maximum absolute atomic E-state index is 14.5. The number of imidazole rings is 1. The first-order valence-electron chi connectivity index (χ1n) is 9.33. The number of nitrogens with one attached hydrogen (secondary N) is 1. The van der Waals surface area contributed by atoms with Crippen molar-refractivity contribution in [1.82, 2.24) is 14.4 Å². The van der Waals surface area contributed by atoms with Crippen LogP contribution >= 0.6 is 0 Å². The number of nitrogens with zero attached hydrogens (tertiary/aromatic N) is 3. The molecule has 0 aromatic carbocycles. The van der Waals surface area contributed by atoms with Gasteiger partial charge in [0.2, 0.25) is 0 Å². The van der Waals surface area contributed by atoms with Crippen LogP contribution in [-0.4, -0.2) is 32.7 Å². The van der Waals surface area contributed by atoms with Crippen LogP contribution in [-0.2, 0) is 0 Å². The van der Waals surface area contributed by atoms with Crippen molar-refractivity contribution in [3.8, 4) is 17.1 Å². The smallest absolute Gasteiger partial charge is 0.168 e. The normalized spacial score (nSPS) is 19.5. The molecule has 8 heteroatoms. The molecule has 3 aromatic rings. The molecule has 0 amide bonds. The predicted octanol–water partition coefficient (Wildman–Crippen LogP) is 4.76. The molecule has 0 unspecified atom stereocenters. The number of halogens is 3. The zero-order chi connectivity index (χ0) is 19.8. The van der Waals surface area contributed by atoms with Crippen molar-refractivity contribution in [2.45, 2.75) is 51.4 Å². The van der Waals surface area contributed by atoms with E-state index >= 15 is 0 Å². The highest BCUT2D eigenvalue weighted by atomic mass is 19.1. The number of ether oxygens (including phenoxy) is 1. The van der Waals surface area contributed by atoms with E-state index < -0.39 is 23.8 Å². The van der Waals surface area contributed by atoms with E-state index in [2.05, 4.69) is 15.3 Å². The zero-order valence-electron chi connectivity index (χ0n) is 15.6. The van der Waals surface area contributed by atoms with Crippen molar-refractivity contribution in [2.24, 2.45) is 0 Å². The number of fused-ring (bicyclic) bond motifs is 1. The van der Waals surface area contributed by atoms with Crippen molar-refractivity contribution in [1.29, 1.82) is 0 Å². The molecule has 0 spiro atoms. The lowest BCUT2D eigenvalue weighted by molar-refractivity contribution is 0.242. The summed E-state index contributed by atoms with van der Waals surface area (Å²) < 4.78 is 49.9. The number of pyridine rings is 2. The van der Waals surface area contributed by atoms with Gasteiger partial charge in [-0.25, -0.2) is 23.1 Å². The molecule has 5 nitrogen and oxygen atoms in total. The maximum Gasteiger partial charge on any atom is 0.168 e. The molecule has 2 atom stereocenters. The van der Waals surface area contributed by atoms with Gasteiger partial charge in [0.05, 0.1) is 24.0 Å². The average molecular weight is 390 g/mol. The summed E-state index contributed by atoms with van der Waals surface area (Å²) in [6.45, 7) is 3.83. The third-order valence-corrected chi connectivity index (χ3v) is 4.78. The first-order valence-corrected chi connectivity index (χ1v) is 9.33. The number of hydrogen-bond donors (Lipinski definition) is 1. The molecular formula is C20H21F3N4O. The van der Waals surface area contributed by atoms with Gasteiger partial charge in [0.15, 0.2) is 17.5 Å². The van der Waals surface area contributed by atoms with Crippen LogP contribution in [0.4, 0.5) is 19.0 Å². The molecule has 0 aliphatic heterocycles. The highest BCUT2D eigenvalue weighted by Gasteiger charge is 2.28. The van der Waals surface area contributed by atoms with Crippen LogP contribution in [0.15, 0.2) is 30.6 Å². The number of rotatable bonds is 5. The van der Waals surface area contributed by atoms with Gasteiger partial charge in [-0.3, -0.25) is 4.40 Å². The zero-order valence-corrected chi connectivity index (χ0v) is 15.6. The van der Waals surface area contributed by atoms with Gasteiger partial charge in [-0.05, 0) is 39.2 Å². The van der Waals surface area contributed by atoms with Crippen LogP contribution in [0.3, 0.4) is 0 Å². The average Bonchev–Trinajstić information content (AvgIpc) is 3.23. The molecule has 0 radical (unpaired) electrons. The number of hydrogen-bond acceptors (Lipinski definition) is 4. The molecule has 1 saturated carbocycles. The van der Waals surface area contributed by atoms with Gasteiger partial charge in [0.25, 0.3) is 0 Å². The molecule has 1 N–H and O–H groups in total. The minimum absolute atomic E-state index is 0.0108. The summed E-state index contributed by atoms with van der Waals surface area (Å²) in [6, 6.07) is 3.72. The fraction of sp³-hybridized carbons (Fsp3) is 0.400. The Labute approximate surface area is 160 Å². The highest BCUT2D eigenvalue weighted by Crippen LogP contribution is 2.30. The molecule has 3 aromatic heterocycles.